The highest BCUT2D eigenvalue weighted by molar-refractivity contribution is 5.65. The van der Waals surface area contributed by atoms with Crippen LogP contribution in [0.25, 0.3) is 0 Å². The van der Waals surface area contributed by atoms with Crippen molar-refractivity contribution in [1.82, 2.24) is 4.90 Å². The third kappa shape index (κ3) is 3.03. The summed E-state index contributed by atoms with van der Waals surface area (Å²) in [6.07, 6.45) is 6.88. The minimum Gasteiger partial charge on any atom is -0.485 e. The predicted molar refractivity (Wildman–Crippen MR) is 153 cm³/mol. The van der Waals surface area contributed by atoms with Gasteiger partial charge in [-0.1, -0.05) is 78.9 Å². The molecule has 0 amide bonds. The number of piperidine rings is 1. The van der Waals surface area contributed by atoms with Gasteiger partial charge < -0.3 is 24.6 Å². The monoisotopic (exact) mass is 535 g/mol. The smallest absolute Gasteiger partial charge is 0.166 e. The maximum Gasteiger partial charge on any atom is 0.166 e. The summed E-state index contributed by atoms with van der Waals surface area (Å²) in [6.45, 7) is 3.32. The standard InChI is InChI=1S/C35H37NO4/c1-32(37,20-23-9-5-3-6-10-23)27-21-33-15-16-35(27,38)31-34(33)17-18-36(2)28(33)19-25-13-14-26(30(40-31)29(25)34)39-22-24-11-7-4-8-12-24/h3-16,27-28,31,37-38H,17-22H2,1-2H3/t27-,28?,31+,32-,33?,34-,35+/m0/s1. The van der Waals surface area contributed by atoms with E-state index in [-0.39, 0.29) is 22.8 Å². The van der Waals surface area contributed by atoms with E-state index in [0.717, 1.165) is 48.4 Å². The van der Waals surface area contributed by atoms with E-state index in [9.17, 15) is 10.2 Å². The zero-order valence-electron chi connectivity index (χ0n) is 23.2. The molecule has 2 spiro atoms. The zero-order chi connectivity index (χ0) is 27.3. The number of likely N-dealkylation sites (tertiary alicyclic amines) is 1. The van der Waals surface area contributed by atoms with Crippen LogP contribution in [0.3, 0.4) is 0 Å². The lowest BCUT2D eigenvalue weighted by molar-refractivity contribution is -0.237. The molecule has 9 rings (SSSR count). The summed E-state index contributed by atoms with van der Waals surface area (Å²) in [5.74, 6) is 1.17. The summed E-state index contributed by atoms with van der Waals surface area (Å²) in [5, 5.41) is 24.9. The molecule has 4 aliphatic carbocycles. The number of aliphatic hydroxyl groups is 2. The van der Waals surface area contributed by atoms with Gasteiger partial charge in [-0.25, -0.2) is 0 Å². The molecule has 0 radical (unpaired) electrons. The van der Waals surface area contributed by atoms with Gasteiger partial charge in [0.1, 0.15) is 18.3 Å². The third-order valence-corrected chi connectivity index (χ3v) is 11.1. The third-order valence-electron chi connectivity index (χ3n) is 11.1. The van der Waals surface area contributed by atoms with Crippen LogP contribution in [-0.4, -0.2) is 52.1 Å². The SMILES string of the molecule is CN1CC[C@]23c4c5ccc(OCc6ccccc6)c4O[C@H]2[C@@]2(O)C=CC3(C[C@H]2[C@@](C)(O)Cc2ccccc2)C1C5. The molecule has 3 aromatic carbocycles. The summed E-state index contributed by atoms with van der Waals surface area (Å²) in [5.41, 5.74) is 1.73. The van der Waals surface area contributed by atoms with E-state index in [0.29, 0.717) is 13.0 Å². The topological polar surface area (TPSA) is 62.2 Å². The van der Waals surface area contributed by atoms with E-state index in [4.69, 9.17) is 9.47 Å². The van der Waals surface area contributed by atoms with E-state index < -0.39 is 17.3 Å². The highest BCUT2D eigenvalue weighted by Gasteiger charge is 2.79. The Kier molecular flexibility index (Phi) is 5.07. The second-order valence-electron chi connectivity index (χ2n) is 13.2. The van der Waals surface area contributed by atoms with Crippen molar-refractivity contribution in [1.29, 1.82) is 0 Å². The van der Waals surface area contributed by atoms with Crippen LogP contribution in [0.4, 0.5) is 0 Å². The van der Waals surface area contributed by atoms with Gasteiger partial charge in [0, 0.05) is 29.4 Å². The predicted octanol–water partition coefficient (Wildman–Crippen LogP) is 4.83. The molecule has 5 heteroatoms. The number of fused-ring (bicyclic) bond motifs is 1. The molecule has 0 aromatic heterocycles. The summed E-state index contributed by atoms with van der Waals surface area (Å²) < 4.78 is 13.4. The molecule has 4 bridgehead atoms. The lowest BCUT2D eigenvalue weighted by atomic mass is 9.36. The van der Waals surface area contributed by atoms with Crippen molar-refractivity contribution in [3.63, 3.8) is 0 Å². The molecule has 1 saturated heterocycles. The van der Waals surface area contributed by atoms with Gasteiger partial charge in [-0.15, -0.1) is 0 Å². The van der Waals surface area contributed by atoms with E-state index in [1.807, 2.05) is 49.4 Å². The van der Waals surface area contributed by atoms with E-state index in [1.165, 1.54) is 11.1 Å². The number of hydrogen-bond acceptors (Lipinski definition) is 5. The quantitative estimate of drug-likeness (QED) is 0.443. The van der Waals surface area contributed by atoms with Gasteiger partial charge in [-0.3, -0.25) is 0 Å². The van der Waals surface area contributed by atoms with Gasteiger partial charge in [0.25, 0.3) is 0 Å². The minimum atomic E-state index is -1.30. The first kappa shape index (κ1) is 24.7. The van der Waals surface area contributed by atoms with Crippen molar-refractivity contribution in [2.24, 2.45) is 11.3 Å². The summed E-state index contributed by atoms with van der Waals surface area (Å²) in [4.78, 5) is 2.51. The van der Waals surface area contributed by atoms with Crippen LogP contribution in [0.1, 0.15) is 42.0 Å². The van der Waals surface area contributed by atoms with Crippen LogP contribution in [0, 0.1) is 11.3 Å². The Morgan fingerprint density at radius 1 is 1.00 bits per heavy atom. The van der Waals surface area contributed by atoms with Gasteiger partial charge in [0.2, 0.25) is 0 Å². The molecule has 2 aliphatic heterocycles. The molecular formula is C35H37NO4. The normalized spacial score (nSPS) is 36.0. The van der Waals surface area contributed by atoms with Crippen LogP contribution < -0.4 is 9.47 Å². The molecule has 3 aromatic rings. The zero-order valence-corrected chi connectivity index (χ0v) is 23.2. The largest absolute Gasteiger partial charge is 0.485 e. The summed E-state index contributed by atoms with van der Waals surface area (Å²) >= 11 is 0. The van der Waals surface area contributed by atoms with Gasteiger partial charge in [-0.05, 0) is 62.5 Å². The Morgan fingerprint density at radius 2 is 1.73 bits per heavy atom. The number of likely N-dealkylation sites (N-methyl/N-ethyl adjacent to an activating group) is 1. The van der Waals surface area contributed by atoms with Gasteiger partial charge in [0.15, 0.2) is 11.5 Å². The fourth-order valence-corrected chi connectivity index (χ4v) is 9.45. The van der Waals surface area contributed by atoms with Crippen LogP contribution >= 0.6 is 0 Å². The van der Waals surface area contributed by atoms with Crippen LogP contribution in [-0.2, 0) is 24.9 Å². The number of nitrogens with zero attached hydrogens (tertiary/aromatic N) is 1. The Bertz CT molecular complexity index is 1500. The highest BCUT2D eigenvalue weighted by atomic mass is 16.5. The summed E-state index contributed by atoms with van der Waals surface area (Å²) in [7, 11) is 2.24. The van der Waals surface area contributed by atoms with Crippen molar-refractivity contribution in [3.05, 3.63) is 107 Å². The lowest BCUT2D eigenvalue weighted by Crippen LogP contribution is -2.80. The molecule has 206 valence electrons. The van der Waals surface area contributed by atoms with Crippen LogP contribution in [0.5, 0.6) is 11.5 Å². The number of ether oxygens (including phenoxy) is 2. The lowest BCUT2D eigenvalue weighted by Gasteiger charge is -2.71. The van der Waals surface area contributed by atoms with Gasteiger partial charge in [0.05, 0.1) is 11.0 Å². The second kappa shape index (κ2) is 8.22. The van der Waals surface area contributed by atoms with E-state index >= 15 is 0 Å². The van der Waals surface area contributed by atoms with Crippen molar-refractivity contribution in [3.8, 4) is 11.5 Å². The fraction of sp³-hybridized carbons (Fsp3) is 0.429. The Balaban J connectivity index is 1.25. The molecule has 7 atom stereocenters. The summed E-state index contributed by atoms with van der Waals surface area (Å²) in [6, 6.07) is 24.9. The number of rotatable bonds is 6. The van der Waals surface area contributed by atoms with Gasteiger partial charge >= 0.3 is 0 Å². The van der Waals surface area contributed by atoms with Crippen LogP contribution in [0.15, 0.2) is 84.9 Å². The average Bonchev–Trinajstić information content (AvgIpc) is 3.33. The molecule has 6 aliphatic rings. The molecule has 40 heavy (non-hydrogen) atoms. The Hall–Kier alpha value is -3.12. The molecule has 2 fully saturated rings. The van der Waals surface area contributed by atoms with Crippen molar-refractivity contribution in [2.45, 2.75) is 68.0 Å². The van der Waals surface area contributed by atoms with E-state index in [2.05, 4.69) is 54.4 Å². The minimum absolute atomic E-state index is 0.239. The molecular weight excluding hydrogens is 498 g/mol. The molecule has 2 heterocycles. The van der Waals surface area contributed by atoms with Crippen LogP contribution in [0.2, 0.25) is 0 Å². The maximum atomic E-state index is 12.7. The van der Waals surface area contributed by atoms with Crippen molar-refractivity contribution in [2.75, 3.05) is 13.6 Å². The molecule has 2 unspecified atom stereocenters. The Morgan fingerprint density at radius 3 is 2.48 bits per heavy atom. The maximum absolute atomic E-state index is 12.7. The number of hydrogen-bond donors (Lipinski definition) is 2. The molecule has 5 nitrogen and oxygen atoms in total. The first-order valence-corrected chi connectivity index (χ1v) is 14.7. The second-order valence-corrected chi connectivity index (χ2v) is 13.2. The van der Waals surface area contributed by atoms with Crippen molar-refractivity contribution >= 4 is 0 Å². The van der Waals surface area contributed by atoms with E-state index in [1.54, 1.807) is 0 Å². The molecule has 2 N–H and O–H groups in total. The fourth-order valence-electron chi connectivity index (χ4n) is 9.45. The Labute approximate surface area is 236 Å². The molecule has 1 saturated carbocycles. The highest BCUT2D eigenvalue weighted by Crippen LogP contribution is 2.75. The van der Waals surface area contributed by atoms with Crippen molar-refractivity contribution < 1.29 is 19.7 Å². The average molecular weight is 536 g/mol. The number of benzene rings is 3. The first-order chi connectivity index (χ1) is 19.3. The van der Waals surface area contributed by atoms with Gasteiger partial charge in [-0.2, -0.15) is 0 Å². The first-order valence-electron chi connectivity index (χ1n) is 14.7.